The Morgan fingerprint density at radius 1 is 1.43 bits per heavy atom. The summed E-state index contributed by atoms with van der Waals surface area (Å²) in [5, 5.41) is 9.41. The number of aryl methyl sites for hydroxylation is 1. The highest BCUT2D eigenvalue weighted by atomic mass is 16.3. The molecule has 0 aliphatic rings. The second-order valence-electron chi connectivity index (χ2n) is 3.24. The maximum atomic E-state index is 11.4. The van der Waals surface area contributed by atoms with E-state index in [-0.39, 0.29) is 5.88 Å². The fourth-order valence-electron chi connectivity index (χ4n) is 1.07. The highest BCUT2D eigenvalue weighted by molar-refractivity contribution is 5.77. The van der Waals surface area contributed by atoms with Crippen LogP contribution in [-0.2, 0) is 0 Å². The molecule has 1 heterocycles. The largest absolute Gasteiger partial charge is 0.494 e. The van der Waals surface area contributed by atoms with Crippen LogP contribution in [-0.4, -0.2) is 34.7 Å². The van der Waals surface area contributed by atoms with E-state index in [9.17, 15) is 14.7 Å². The summed E-state index contributed by atoms with van der Waals surface area (Å²) in [6.45, 7) is 1.67. The molecule has 1 aromatic rings. The van der Waals surface area contributed by atoms with Gasteiger partial charge >= 0.3 is 6.03 Å². The van der Waals surface area contributed by atoms with Crippen molar-refractivity contribution in [1.82, 2.24) is 9.47 Å². The van der Waals surface area contributed by atoms with Crippen molar-refractivity contribution < 1.29 is 9.90 Å². The van der Waals surface area contributed by atoms with Crippen molar-refractivity contribution in [2.75, 3.05) is 14.1 Å². The SMILES string of the molecule is Cc1cc(O)n(C(=O)N(C)C)c(=O)c1. The van der Waals surface area contributed by atoms with Gasteiger partial charge in [0.1, 0.15) is 0 Å². The first-order valence-corrected chi connectivity index (χ1v) is 4.08. The van der Waals surface area contributed by atoms with Gasteiger partial charge in [-0.3, -0.25) is 4.79 Å². The predicted octanol–water partition coefficient (Wildman–Crippen LogP) is 0.392. The summed E-state index contributed by atoms with van der Waals surface area (Å²) in [6, 6.07) is 2.09. The van der Waals surface area contributed by atoms with E-state index in [1.807, 2.05) is 0 Å². The first-order chi connectivity index (χ1) is 6.43. The van der Waals surface area contributed by atoms with Crippen molar-refractivity contribution in [1.29, 1.82) is 0 Å². The van der Waals surface area contributed by atoms with Gasteiger partial charge in [0.05, 0.1) is 0 Å². The quantitative estimate of drug-likeness (QED) is 0.653. The third-order valence-electron chi connectivity index (χ3n) is 1.73. The van der Waals surface area contributed by atoms with E-state index in [0.29, 0.717) is 10.1 Å². The van der Waals surface area contributed by atoms with Gasteiger partial charge in [-0.05, 0) is 12.5 Å². The molecule has 5 nitrogen and oxygen atoms in total. The van der Waals surface area contributed by atoms with E-state index in [1.54, 1.807) is 6.92 Å². The van der Waals surface area contributed by atoms with Crippen LogP contribution in [0.3, 0.4) is 0 Å². The standard InChI is InChI=1S/C9H12N2O3/c1-6-4-7(12)11(8(13)5-6)9(14)10(2)3/h4-5,12H,1-3H3. The zero-order valence-corrected chi connectivity index (χ0v) is 8.31. The maximum Gasteiger partial charge on any atom is 0.333 e. The maximum absolute atomic E-state index is 11.4. The first kappa shape index (κ1) is 10.3. The molecule has 1 N–H and O–H groups in total. The third-order valence-corrected chi connectivity index (χ3v) is 1.73. The molecule has 76 valence electrons. The van der Waals surface area contributed by atoms with E-state index in [0.717, 1.165) is 0 Å². The van der Waals surface area contributed by atoms with Crippen molar-refractivity contribution in [3.63, 3.8) is 0 Å². The fraction of sp³-hybridized carbons (Fsp3) is 0.333. The van der Waals surface area contributed by atoms with Crippen LogP contribution in [0, 0.1) is 6.92 Å². The molecular formula is C9H12N2O3. The van der Waals surface area contributed by atoms with E-state index in [1.165, 1.54) is 31.1 Å². The Kier molecular flexibility index (Phi) is 2.60. The van der Waals surface area contributed by atoms with E-state index in [4.69, 9.17) is 0 Å². The van der Waals surface area contributed by atoms with E-state index in [2.05, 4.69) is 0 Å². The van der Waals surface area contributed by atoms with Crippen LogP contribution in [0.25, 0.3) is 0 Å². The van der Waals surface area contributed by atoms with Crippen LogP contribution in [0.2, 0.25) is 0 Å². The molecule has 0 bridgehead atoms. The van der Waals surface area contributed by atoms with E-state index < -0.39 is 11.6 Å². The summed E-state index contributed by atoms with van der Waals surface area (Å²) in [5.41, 5.74) is 0.0940. The lowest BCUT2D eigenvalue weighted by atomic mass is 10.3. The third kappa shape index (κ3) is 1.76. The van der Waals surface area contributed by atoms with Gasteiger partial charge in [-0.25, -0.2) is 4.79 Å². The van der Waals surface area contributed by atoms with Gasteiger partial charge in [0.15, 0.2) is 0 Å². The number of rotatable bonds is 0. The van der Waals surface area contributed by atoms with Crippen molar-refractivity contribution in [2.24, 2.45) is 0 Å². The second-order valence-corrected chi connectivity index (χ2v) is 3.24. The summed E-state index contributed by atoms with van der Waals surface area (Å²) < 4.78 is 0.715. The Labute approximate surface area is 81.2 Å². The molecule has 1 aromatic heterocycles. The molecule has 14 heavy (non-hydrogen) atoms. The molecule has 0 saturated heterocycles. The van der Waals surface area contributed by atoms with Crippen LogP contribution in [0.15, 0.2) is 16.9 Å². The first-order valence-electron chi connectivity index (χ1n) is 4.08. The predicted molar refractivity (Wildman–Crippen MR) is 51.6 cm³/mol. The number of aromatic hydroxyl groups is 1. The number of hydrogen-bond donors (Lipinski definition) is 1. The van der Waals surface area contributed by atoms with Crippen LogP contribution in [0.5, 0.6) is 5.88 Å². The highest BCUT2D eigenvalue weighted by Crippen LogP contribution is 2.08. The molecule has 0 fully saturated rings. The minimum absolute atomic E-state index is 0.339. The number of carbonyl (C=O) groups is 1. The summed E-state index contributed by atoms with van der Waals surface area (Å²) in [4.78, 5) is 24.0. The number of pyridine rings is 1. The molecule has 1 rings (SSSR count). The molecule has 0 atom stereocenters. The van der Waals surface area contributed by atoms with Crippen LogP contribution in [0.4, 0.5) is 4.79 Å². The number of hydrogen-bond acceptors (Lipinski definition) is 3. The average Bonchev–Trinajstić information content (AvgIpc) is 2.01. The summed E-state index contributed by atoms with van der Waals surface area (Å²) >= 11 is 0. The zero-order chi connectivity index (χ0) is 10.9. The normalized spacial score (nSPS) is 9.93. The Morgan fingerprint density at radius 2 is 2.00 bits per heavy atom. The number of nitrogens with zero attached hydrogens (tertiary/aromatic N) is 2. The van der Waals surface area contributed by atoms with Gasteiger partial charge in [0, 0.05) is 26.2 Å². The molecule has 0 aliphatic carbocycles. The zero-order valence-electron chi connectivity index (χ0n) is 8.31. The highest BCUT2D eigenvalue weighted by Gasteiger charge is 2.13. The molecule has 0 unspecified atom stereocenters. The van der Waals surface area contributed by atoms with Gasteiger partial charge in [-0.2, -0.15) is 4.57 Å². The molecule has 0 aromatic carbocycles. The van der Waals surface area contributed by atoms with Crippen molar-refractivity contribution >= 4 is 6.03 Å². The summed E-state index contributed by atoms with van der Waals surface area (Å²) in [5.74, 6) is -0.339. The van der Waals surface area contributed by atoms with Crippen LogP contribution >= 0.6 is 0 Å². The minimum atomic E-state index is -0.562. The molecule has 0 aliphatic heterocycles. The van der Waals surface area contributed by atoms with Crippen molar-refractivity contribution in [3.8, 4) is 5.88 Å². The lowest BCUT2D eigenvalue weighted by Gasteiger charge is -2.13. The Hall–Kier alpha value is -1.78. The Morgan fingerprint density at radius 3 is 2.43 bits per heavy atom. The topological polar surface area (TPSA) is 62.5 Å². The van der Waals surface area contributed by atoms with Gasteiger partial charge in [0.2, 0.25) is 5.88 Å². The molecule has 1 amide bonds. The van der Waals surface area contributed by atoms with Crippen LogP contribution < -0.4 is 5.56 Å². The fourth-order valence-corrected chi connectivity index (χ4v) is 1.07. The lowest BCUT2D eigenvalue weighted by molar-refractivity contribution is 0.214. The average molecular weight is 196 g/mol. The molecule has 0 radical (unpaired) electrons. The minimum Gasteiger partial charge on any atom is -0.494 e. The summed E-state index contributed by atoms with van der Waals surface area (Å²) in [7, 11) is 3.02. The summed E-state index contributed by atoms with van der Waals surface area (Å²) in [6.07, 6.45) is 0. The molecule has 0 spiro atoms. The van der Waals surface area contributed by atoms with Gasteiger partial charge in [0.25, 0.3) is 5.56 Å². The second kappa shape index (κ2) is 3.53. The van der Waals surface area contributed by atoms with Crippen molar-refractivity contribution in [2.45, 2.75) is 6.92 Å². The van der Waals surface area contributed by atoms with Crippen LogP contribution in [0.1, 0.15) is 5.56 Å². The van der Waals surface area contributed by atoms with E-state index >= 15 is 0 Å². The number of amides is 1. The van der Waals surface area contributed by atoms with Gasteiger partial charge in [-0.15, -0.1) is 0 Å². The lowest BCUT2D eigenvalue weighted by Crippen LogP contribution is -2.35. The molecular weight excluding hydrogens is 184 g/mol. The molecule has 0 saturated carbocycles. The molecule has 5 heteroatoms. The van der Waals surface area contributed by atoms with Crippen molar-refractivity contribution in [3.05, 3.63) is 28.0 Å². The number of carbonyl (C=O) groups excluding carboxylic acids is 1. The monoisotopic (exact) mass is 196 g/mol. The number of aromatic nitrogens is 1. The Balaban J connectivity index is 3.36. The smallest absolute Gasteiger partial charge is 0.333 e. The Bertz CT molecular complexity index is 421. The van der Waals surface area contributed by atoms with Gasteiger partial charge < -0.3 is 10.0 Å². The van der Waals surface area contributed by atoms with Gasteiger partial charge in [-0.1, -0.05) is 0 Å².